The van der Waals surface area contributed by atoms with Gasteiger partial charge in [0.2, 0.25) is 5.92 Å². The number of hydrogen-bond donors (Lipinski definition) is 0. The van der Waals surface area contributed by atoms with E-state index in [0.29, 0.717) is 0 Å². The van der Waals surface area contributed by atoms with Crippen LogP contribution >= 0.6 is 0 Å². The summed E-state index contributed by atoms with van der Waals surface area (Å²) in [6.45, 7) is 1.75. The number of alkyl halides is 2. The zero-order valence-corrected chi connectivity index (χ0v) is 6.69. The van der Waals surface area contributed by atoms with Crippen molar-refractivity contribution in [2.45, 2.75) is 18.8 Å². The topological polar surface area (TPSA) is 3.24 Å². The summed E-state index contributed by atoms with van der Waals surface area (Å²) >= 11 is 0. The maximum absolute atomic E-state index is 12.8. The van der Waals surface area contributed by atoms with Gasteiger partial charge in [-0.2, -0.15) is 0 Å². The molecule has 0 amide bonds. The second-order valence-electron chi connectivity index (χ2n) is 4.01. The number of fused-ring (bicyclic) bond motifs is 1. The molecule has 1 saturated heterocycles. The molecule has 3 heteroatoms. The van der Waals surface area contributed by atoms with Crippen LogP contribution in [0.4, 0.5) is 8.78 Å². The zero-order valence-electron chi connectivity index (χ0n) is 6.69. The van der Waals surface area contributed by atoms with Gasteiger partial charge in [-0.25, -0.2) is 8.78 Å². The van der Waals surface area contributed by atoms with Crippen molar-refractivity contribution in [3.63, 3.8) is 0 Å². The number of hydrogen-bond acceptors (Lipinski definition) is 1. The third kappa shape index (κ3) is 1.26. The van der Waals surface area contributed by atoms with Crippen LogP contribution in [0.5, 0.6) is 0 Å². The number of halogens is 2. The highest BCUT2D eigenvalue weighted by Gasteiger charge is 2.49. The van der Waals surface area contributed by atoms with Gasteiger partial charge in [-0.05, 0) is 18.9 Å². The van der Waals surface area contributed by atoms with E-state index in [4.69, 9.17) is 0 Å². The van der Waals surface area contributed by atoms with Crippen molar-refractivity contribution >= 4 is 0 Å². The molecule has 1 saturated carbocycles. The molecule has 2 aliphatic rings. The first-order valence-corrected chi connectivity index (χ1v) is 4.13. The average Bonchev–Trinajstić information content (AvgIpc) is 2.17. The third-order valence-corrected chi connectivity index (χ3v) is 2.88. The largest absolute Gasteiger partial charge is 0.306 e. The summed E-state index contributed by atoms with van der Waals surface area (Å²) in [4.78, 5) is 2.16. The van der Waals surface area contributed by atoms with Gasteiger partial charge in [0, 0.05) is 25.9 Å². The molecule has 0 aromatic rings. The Bertz CT molecular complexity index is 153. The van der Waals surface area contributed by atoms with Crippen LogP contribution in [0.15, 0.2) is 0 Å². The second kappa shape index (κ2) is 2.16. The van der Waals surface area contributed by atoms with E-state index in [1.54, 1.807) is 0 Å². The van der Waals surface area contributed by atoms with Gasteiger partial charge in [0.1, 0.15) is 0 Å². The first kappa shape index (κ1) is 7.47. The number of nitrogens with zero attached hydrogens (tertiary/aromatic N) is 1. The first-order valence-electron chi connectivity index (χ1n) is 4.13. The van der Waals surface area contributed by atoms with E-state index in [0.717, 1.165) is 13.1 Å². The fraction of sp³-hybridized carbons (Fsp3) is 1.00. The van der Waals surface area contributed by atoms with E-state index in [-0.39, 0.29) is 24.7 Å². The van der Waals surface area contributed by atoms with Crippen molar-refractivity contribution in [1.29, 1.82) is 0 Å². The molecule has 0 bridgehead atoms. The SMILES string of the molecule is CN1C[C@@H]2CC(F)(F)C[C@H]2C1. The number of rotatable bonds is 0. The lowest BCUT2D eigenvalue weighted by molar-refractivity contribution is -0.00180. The Balaban J connectivity index is 2.04. The van der Waals surface area contributed by atoms with E-state index < -0.39 is 5.92 Å². The Morgan fingerprint density at radius 3 is 2.09 bits per heavy atom. The maximum atomic E-state index is 12.8. The van der Waals surface area contributed by atoms with Gasteiger partial charge in [0.05, 0.1) is 0 Å². The van der Waals surface area contributed by atoms with Crippen LogP contribution in [0.1, 0.15) is 12.8 Å². The van der Waals surface area contributed by atoms with E-state index in [2.05, 4.69) is 4.90 Å². The molecule has 2 fully saturated rings. The summed E-state index contributed by atoms with van der Waals surface area (Å²) in [6.07, 6.45) is 0.254. The Kier molecular flexibility index (Phi) is 1.46. The molecule has 0 aromatic carbocycles. The fourth-order valence-corrected chi connectivity index (χ4v) is 2.49. The quantitative estimate of drug-likeness (QED) is 0.521. The normalized spacial score (nSPS) is 42.8. The van der Waals surface area contributed by atoms with Crippen LogP contribution in [0.25, 0.3) is 0 Å². The highest BCUT2D eigenvalue weighted by molar-refractivity contribution is 4.94. The molecule has 1 aliphatic heterocycles. The molecule has 0 unspecified atom stereocenters. The summed E-state index contributed by atoms with van der Waals surface area (Å²) in [5, 5.41) is 0. The minimum absolute atomic E-state index is 0.127. The van der Waals surface area contributed by atoms with E-state index in [9.17, 15) is 8.78 Å². The molecular weight excluding hydrogens is 148 g/mol. The van der Waals surface area contributed by atoms with Crippen molar-refractivity contribution < 1.29 is 8.78 Å². The Hall–Kier alpha value is -0.180. The molecule has 64 valence electrons. The summed E-state index contributed by atoms with van der Waals surface area (Å²) in [5.74, 6) is -1.80. The highest BCUT2D eigenvalue weighted by Crippen LogP contribution is 2.46. The van der Waals surface area contributed by atoms with Crippen LogP contribution < -0.4 is 0 Å². The zero-order chi connectivity index (χ0) is 8.06. The van der Waals surface area contributed by atoms with Crippen LogP contribution in [-0.2, 0) is 0 Å². The van der Waals surface area contributed by atoms with E-state index in [1.807, 2.05) is 7.05 Å². The van der Waals surface area contributed by atoms with Crippen molar-refractivity contribution in [2.75, 3.05) is 20.1 Å². The monoisotopic (exact) mass is 161 g/mol. The van der Waals surface area contributed by atoms with Gasteiger partial charge in [-0.15, -0.1) is 0 Å². The lowest BCUT2D eigenvalue weighted by Gasteiger charge is -2.13. The Morgan fingerprint density at radius 1 is 1.18 bits per heavy atom. The van der Waals surface area contributed by atoms with Crippen molar-refractivity contribution in [1.82, 2.24) is 4.90 Å². The second-order valence-corrected chi connectivity index (χ2v) is 4.01. The van der Waals surface area contributed by atoms with Gasteiger partial charge < -0.3 is 4.90 Å². The van der Waals surface area contributed by atoms with Gasteiger partial charge in [0.25, 0.3) is 0 Å². The molecule has 2 rings (SSSR count). The van der Waals surface area contributed by atoms with E-state index >= 15 is 0 Å². The van der Waals surface area contributed by atoms with E-state index in [1.165, 1.54) is 0 Å². The molecule has 1 heterocycles. The standard InChI is InChI=1S/C8H13F2N/c1-11-4-6-2-8(9,10)3-7(6)5-11/h6-7H,2-5H2,1H3/t6-,7-/m0/s1. The number of likely N-dealkylation sites (tertiary alicyclic amines) is 1. The van der Waals surface area contributed by atoms with Gasteiger partial charge >= 0.3 is 0 Å². The molecule has 0 radical (unpaired) electrons. The minimum atomic E-state index is -2.35. The van der Waals surface area contributed by atoms with Crippen LogP contribution in [0, 0.1) is 11.8 Å². The Morgan fingerprint density at radius 2 is 1.64 bits per heavy atom. The predicted molar refractivity (Wildman–Crippen MR) is 38.7 cm³/mol. The van der Waals surface area contributed by atoms with Crippen molar-refractivity contribution in [2.24, 2.45) is 11.8 Å². The molecule has 0 N–H and O–H groups in total. The molecule has 0 spiro atoms. The Labute approximate surface area is 65.4 Å². The molecule has 2 atom stereocenters. The lowest BCUT2D eigenvalue weighted by Crippen LogP contribution is -2.20. The van der Waals surface area contributed by atoms with Crippen LogP contribution in [-0.4, -0.2) is 31.0 Å². The predicted octanol–water partition coefficient (Wildman–Crippen LogP) is 1.59. The van der Waals surface area contributed by atoms with Gasteiger partial charge in [0.15, 0.2) is 0 Å². The van der Waals surface area contributed by atoms with Crippen LogP contribution in [0.2, 0.25) is 0 Å². The molecular formula is C8H13F2N. The van der Waals surface area contributed by atoms with Crippen molar-refractivity contribution in [3.8, 4) is 0 Å². The maximum Gasteiger partial charge on any atom is 0.248 e. The lowest BCUT2D eigenvalue weighted by atomic mass is 10.0. The van der Waals surface area contributed by atoms with Crippen molar-refractivity contribution in [3.05, 3.63) is 0 Å². The third-order valence-electron chi connectivity index (χ3n) is 2.88. The summed E-state index contributed by atoms with van der Waals surface area (Å²) in [5.41, 5.74) is 0. The minimum Gasteiger partial charge on any atom is -0.306 e. The smallest absolute Gasteiger partial charge is 0.248 e. The summed E-state index contributed by atoms with van der Waals surface area (Å²) < 4.78 is 25.5. The highest BCUT2D eigenvalue weighted by atomic mass is 19.3. The molecule has 11 heavy (non-hydrogen) atoms. The first-order chi connectivity index (χ1) is 5.07. The fourth-order valence-electron chi connectivity index (χ4n) is 2.49. The molecule has 1 aliphatic carbocycles. The van der Waals surface area contributed by atoms with Gasteiger partial charge in [-0.3, -0.25) is 0 Å². The molecule has 1 nitrogen and oxygen atoms in total. The summed E-state index contributed by atoms with van der Waals surface area (Å²) in [7, 11) is 2.01. The molecule has 0 aromatic heterocycles. The van der Waals surface area contributed by atoms with Crippen LogP contribution in [0.3, 0.4) is 0 Å². The van der Waals surface area contributed by atoms with Gasteiger partial charge in [-0.1, -0.05) is 0 Å². The summed E-state index contributed by atoms with van der Waals surface area (Å²) in [6, 6.07) is 0. The average molecular weight is 161 g/mol.